The topological polar surface area (TPSA) is 99.2 Å². The van der Waals surface area contributed by atoms with Gasteiger partial charge in [0, 0.05) is 13.0 Å². The standard InChI is InChI=1S/C28H49NO7/c1-9-12-14-22(10-2)18-35-26(33)27(6,11-3)19-28(7,25(32)34-8)17-20(4)24(31)36-21(5)29-16-13-15-23(29)30/h20-22H,9-19H2,1-8H3. The van der Waals surface area contributed by atoms with E-state index in [0.29, 0.717) is 31.9 Å². The Hall–Kier alpha value is -2.12. The molecule has 36 heavy (non-hydrogen) atoms. The van der Waals surface area contributed by atoms with Crippen molar-refractivity contribution in [1.29, 1.82) is 0 Å². The van der Waals surface area contributed by atoms with E-state index in [4.69, 9.17) is 14.2 Å². The smallest absolute Gasteiger partial charge is 0.311 e. The van der Waals surface area contributed by atoms with E-state index in [1.807, 2.05) is 13.8 Å². The molecule has 0 N–H and O–H groups in total. The van der Waals surface area contributed by atoms with E-state index in [-0.39, 0.29) is 24.7 Å². The summed E-state index contributed by atoms with van der Waals surface area (Å²) < 4.78 is 16.4. The highest BCUT2D eigenvalue weighted by atomic mass is 16.6. The molecule has 8 nitrogen and oxygen atoms in total. The quantitative estimate of drug-likeness (QED) is 0.206. The Bertz CT molecular complexity index is 754. The van der Waals surface area contributed by atoms with Gasteiger partial charge in [0.1, 0.15) is 0 Å². The number of nitrogens with zero attached hydrogens (tertiary/aromatic N) is 1. The van der Waals surface area contributed by atoms with Crippen molar-refractivity contribution < 1.29 is 33.4 Å². The highest BCUT2D eigenvalue weighted by Gasteiger charge is 2.47. The van der Waals surface area contributed by atoms with E-state index < -0.39 is 34.9 Å². The van der Waals surface area contributed by atoms with Gasteiger partial charge >= 0.3 is 17.9 Å². The van der Waals surface area contributed by atoms with Crippen molar-refractivity contribution in [3.63, 3.8) is 0 Å². The first-order chi connectivity index (χ1) is 16.9. The average Bonchev–Trinajstić information content (AvgIpc) is 3.28. The lowest BCUT2D eigenvalue weighted by molar-refractivity contribution is -0.168. The molecule has 1 heterocycles. The molecule has 0 radical (unpaired) electrons. The molecule has 0 aromatic rings. The predicted octanol–water partition coefficient (Wildman–Crippen LogP) is 5.27. The van der Waals surface area contributed by atoms with Gasteiger partial charge in [-0.15, -0.1) is 0 Å². The van der Waals surface area contributed by atoms with E-state index in [0.717, 1.165) is 32.1 Å². The lowest BCUT2D eigenvalue weighted by Crippen LogP contribution is -2.43. The Labute approximate surface area is 217 Å². The first-order valence-corrected chi connectivity index (χ1v) is 13.6. The number of rotatable bonds is 16. The van der Waals surface area contributed by atoms with Gasteiger partial charge in [0.05, 0.1) is 30.5 Å². The van der Waals surface area contributed by atoms with Gasteiger partial charge in [-0.25, -0.2) is 0 Å². The molecule has 8 heteroatoms. The minimum Gasteiger partial charge on any atom is -0.469 e. The zero-order chi connectivity index (χ0) is 27.5. The third kappa shape index (κ3) is 8.77. The Kier molecular flexibility index (Phi) is 12.9. The summed E-state index contributed by atoms with van der Waals surface area (Å²) in [5.74, 6) is -1.64. The number of ether oxygens (including phenoxy) is 3. The molecule has 0 aromatic carbocycles. The van der Waals surface area contributed by atoms with Crippen molar-refractivity contribution in [2.75, 3.05) is 20.3 Å². The second-order valence-electron chi connectivity index (χ2n) is 11.0. The van der Waals surface area contributed by atoms with Crippen molar-refractivity contribution in [2.24, 2.45) is 22.7 Å². The van der Waals surface area contributed by atoms with Crippen molar-refractivity contribution in [3.8, 4) is 0 Å². The minimum atomic E-state index is -1.10. The van der Waals surface area contributed by atoms with E-state index in [1.165, 1.54) is 7.11 Å². The molecule has 0 saturated carbocycles. The molecule has 1 amide bonds. The number of carbonyl (C=O) groups is 4. The van der Waals surface area contributed by atoms with Crippen LogP contribution < -0.4 is 0 Å². The van der Waals surface area contributed by atoms with Crippen LogP contribution in [0.4, 0.5) is 0 Å². The van der Waals surface area contributed by atoms with Crippen LogP contribution in [0.3, 0.4) is 0 Å². The molecular formula is C28H49NO7. The zero-order valence-corrected chi connectivity index (χ0v) is 23.8. The minimum absolute atomic E-state index is 0.0282. The van der Waals surface area contributed by atoms with Crippen LogP contribution in [0.25, 0.3) is 0 Å². The van der Waals surface area contributed by atoms with Gasteiger partial charge in [0.2, 0.25) is 5.91 Å². The predicted molar refractivity (Wildman–Crippen MR) is 138 cm³/mol. The van der Waals surface area contributed by atoms with Gasteiger partial charge in [-0.05, 0) is 58.8 Å². The fourth-order valence-corrected chi connectivity index (χ4v) is 5.10. The zero-order valence-electron chi connectivity index (χ0n) is 23.8. The largest absolute Gasteiger partial charge is 0.469 e. The summed E-state index contributed by atoms with van der Waals surface area (Å²) >= 11 is 0. The van der Waals surface area contributed by atoms with Crippen molar-refractivity contribution in [1.82, 2.24) is 4.90 Å². The second-order valence-corrected chi connectivity index (χ2v) is 11.0. The van der Waals surface area contributed by atoms with Crippen LogP contribution in [0.1, 0.15) is 106 Å². The summed E-state index contributed by atoms with van der Waals surface area (Å²) in [4.78, 5) is 52.5. The first-order valence-electron chi connectivity index (χ1n) is 13.6. The van der Waals surface area contributed by atoms with Gasteiger partial charge in [-0.2, -0.15) is 0 Å². The van der Waals surface area contributed by atoms with E-state index in [9.17, 15) is 19.2 Å². The lowest BCUT2D eigenvalue weighted by atomic mass is 9.68. The van der Waals surface area contributed by atoms with Crippen molar-refractivity contribution >= 4 is 23.8 Å². The van der Waals surface area contributed by atoms with Gasteiger partial charge in [0.15, 0.2) is 6.23 Å². The highest BCUT2D eigenvalue weighted by Crippen LogP contribution is 2.43. The lowest BCUT2D eigenvalue weighted by Gasteiger charge is -2.37. The normalized spacial score (nSPS) is 19.6. The molecule has 0 aliphatic carbocycles. The maximum atomic E-state index is 13.2. The number of amides is 1. The molecule has 1 aliphatic rings. The Morgan fingerprint density at radius 3 is 2.22 bits per heavy atom. The molecule has 5 unspecified atom stereocenters. The number of esters is 3. The van der Waals surface area contributed by atoms with Crippen LogP contribution in [-0.4, -0.2) is 55.2 Å². The Balaban J connectivity index is 2.92. The fraction of sp³-hybridized carbons (Fsp3) is 0.857. The molecule has 1 fully saturated rings. The van der Waals surface area contributed by atoms with Crippen LogP contribution in [0.2, 0.25) is 0 Å². The third-order valence-electron chi connectivity index (χ3n) is 7.72. The third-order valence-corrected chi connectivity index (χ3v) is 7.72. The van der Waals surface area contributed by atoms with Gasteiger partial charge < -0.3 is 19.1 Å². The first kappa shape index (κ1) is 31.9. The number of hydrogen-bond donors (Lipinski definition) is 0. The van der Waals surface area contributed by atoms with Crippen LogP contribution in [-0.2, 0) is 33.4 Å². The molecule has 0 bridgehead atoms. The number of likely N-dealkylation sites (tertiary alicyclic amines) is 1. The SMILES string of the molecule is CCCCC(CC)COC(=O)C(C)(CC)CC(C)(CC(C)C(=O)OC(C)N1CCCC1=O)C(=O)OC. The number of hydrogen-bond acceptors (Lipinski definition) is 7. The summed E-state index contributed by atoms with van der Waals surface area (Å²) in [6, 6.07) is 0. The monoisotopic (exact) mass is 511 g/mol. The van der Waals surface area contributed by atoms with E-state index >= 15 is 0 Å². The summed E-state index contributed by atoms with van der Waals surface area (Å²) in [5, 5.41) is 0. The number of carbonyl (C=O) groups excluding carboxylic acids is 4. The van der Waals surface area contributed by atoms with Crippen LogP contribution in [0, 0.1) is 22.7 Å². The molecular weight excluding hydrogens is 462 g/mol. The van der Waals surface area contributed by atoms with Gasteiger partial charge in [0.25, 0.3) is 0 Å². The van der Waals surface area contributed by atoms with Gasteiger partial charge in [-0.1, -0.05) is 47.0 Å². The molecule has 1 rings (SSSR count). The molecule has 5 atom stereocenters. The molecule has 1 aliphatic heterocycles. The average molecular weight is 512 g/mol. The Morgan fingerprint density at radius 1 is 1.06 bits per heavy atom. The van der Waals surface area contributed by atoms with Crippen LogP contribution in [0.5, 0.6) is 0 Å². The Morgan fingerprint density at radius 2 is 1.72 bits per heavy atom. The fourth-order valence-electron chi connectivity index (χ4n) is 5.10. The highest BCUT2D eigenvalue weighted by molar-refractivity contribution is 5.82. The van der Waals surface area contributed by atoms with Crippen LogP contribution in [0.15, 0.2) is 0 Å². The van der Waals surface area contributed by atoms with Crippen LogP contribution >= 0.6 is 0 Å². The van der Waals surface area contributed by atoms with E-state index in [2.05, 4.69) is 13.8 Å². The van der Waals surface area contributed by atoms with Crippen molar-refractivity contribution in [3.05, 3.63) is 0 Å². The summed E-state index contributed by atoms with van der Waals surface area (Å²) in [6.45, 7) is 14.0. The molecule has 0 spiro atoms. The summed E-state index contributed by atoms with van der Waals surface area (Å²) in [7, 11) is 1.31. The number of unbranched alkanes of at least 4 members (excludes halogenated alkanes) is 1. The summed E-state index contributed by atoms with van der Waals surface area (Å²) in [6.07, 6.45) is 5.53. The maximum absolute atomic E-state index is 13.2. The molecule has 208 valence electrons. The second kappa shape index (κ2) is 14.6. The molecule has 0 aromatic heterocycles. The summed E-state index contributed by atoms with van der Waals surface area (Å²) in [5.41, 5.74) is -2.01. The number of methoxy groups -OCH3 is 1. The van der Waals surface area contributed by atoms with E-state index in [1.54, 1.807) is 25.7 Å². The maximum Gasteiger partial charge on any atom is 0.311 e. The molecule has 1 saturated heterocycles. The van der Waals surface area contributed by atoms with Crippen molar-refractivity contribution in [2.45, 2.75) is 112 Å². The van der Waals surface area contributed by atoms with Gasteiger partial charge in [-0.3, -0.25) is 19.2 Å².